The van der Waals surface area contributed by atoms with Crippen LogP contribution >= 0.6 is 0 Å². The molecule has 5 heavy (non-hydrogen) atoms. The van der Waals surface area contributed by atoms with Gasteiger partial charge in [-0.2, -0.15) is 0 Å². The van der Waals surface area contributed by atoms with E-state index in [9.17, 15) is 0 Å². The third-order valence-corrected chi connectivity index (χ3v) is 0. The van der Waals surface area contributed by atoms with E-state index in [0.717, 1.165) is 0 Å². The summed E-state index contributed by atoms with van der Waals surface area (Å²) >= 11 is 0. The Labute approximate surface area is 96.5 Å². The average Bonchev–Trinajstić information content (AvgIpc) is 0. The quantitative estimate of drug-likeness (QED) is 0.457. The van der Waals surface area contributed by atoms with Gasteiger partial charge in [0, 0.05) is 98.2 Å². The fourth-order valence-corrected chi connectivity index (χ4v) is 0. The fourth-order valence-electron chi connectivity index (χ4n) is 0. The standard InChI is InChI=1S/3Co.2Sn. The molecular formula is Co3Sn2. The average molecular weight is 414 g/mol. The first kappa shape index (κ1) is 42.3. The van der Waals surface area contributed by atoms with E-state index in [2.05, 4.69) is 0 Å². The molecule has 0 unspecified atom stereocenters. The van der Waals surface area contributed by atoms with Crippen LogP contribution in [0.15, 0.2) is 0 Å². The van der Waals surface area contributed by atoms with Gasteiger partial charge in [-0.15, -0.1) is 0 Å². The second kappa shape index (κ2) is 27.4. The first-order valence-corrected chi connectivity index (χ1v) is 0. The Kier molecular flexibility index (Phi) is 232. The van der Waals surface area contributed by atoms with Gasteiger partial charge in [-0.3, -0.25) is 0 Å². The second-order valence-electron chi connectivity index (χ2n) is 0. The number of hydrogen-bond acceptors (Lipinski definition) is 0. The van der Waals surface area contributed by atoms with E-state index in [1.165, 1.54) is 0 Å². The van der Waals surface area contributed by atoms with Crippen molar-refractivity contribution in [2.45, 2.75) is 0 Å². The van der Waals surface area contributed by atoms with E-state index in [1.807, 2.05) is 0 Å². The molecule has 0 N–H and O–H groups in total. The molecular weight excluding hydrogens is 414 g/mol. The largest absolute Gasteiger partial charge is 0 e. The van der Waals surface area contributed by atoms with Crippen molar-refractivity contribution < 1.29 is 50.3 Å². The monoisotopic (exact) mass is 417 g/mol. The number of hydrogen-bond donors (Lipinski definition) is 0. The maximum absolute atomic E-state index is 0. The van der Waals surface area contributed by atoms with Crippen LogP contribution in [0.3, 0.4) is 0 Å². The molecule has 0 fully saturated rings. The first-order valence-electron chi connectivity index (χ1n) is 0. The molecule has 0 amide bonds. The molecule has 5 heteroatoms. The summed E-state index contributed by atoms with van der Waals surface area (Å²) in [5.74, 6) is 0. The molecule has 0 nitrogen and oxygen atoms in total. The smallest absolute Gasteiger partial charge is 0 e. The van der Waals surface area contributed by atoms with Gasteiger partial charge in [0.1, 0.15) is 0 Å². The van der Waals surface area contributed by atoms with Crippen LogP contribution in [0.2, 0.25) is 0 Å². The van der Waals surface area contributed by atoms with Crippen LogP contribution in [-0.4, -0.2) is 47.8 Å². The fraction of sp³-hybridized carbons (Fsp3) is 0. The maximum Gasteiger partial charge on any atom is 0 e. The molecule has 0 aliphatic rings. The van der Waals surface area contributed by atoms with Gasteiger partial charge in [0.05, 0.1) is 0 Å². The third-order valence-electron chi connectivity index (χ3n) is 0. The second-order valence-corrected chi connectivity index (χ2v) is 0. The van der Waals surface area contributed by atoms with Crippen molar-refractivity contribution in [2.75, 3.05) is 0 Å². The van der Waals surface area contributed by atoms with Crippen molar-refractivity contribution in [1.29, 1.82) is 0 Å². The van der Waals surface area contributed by atoms with Crippen LogP contribution in [-0.2, 0) is 50.3 Å². The van der Waals surface area contributed by atoms with Gasteiger partial charge in [0.15, 0.2) is 0 Å². The molecule has 0 rings (SSSR count). The van der Waals surface area contributed by atoms with E-state index in [0.29, 0.717) is 0 Å². The minimum atomic E-state index is 0. The molecule has 0 aromatic carbocycles. The Morgan fingerprint density at radius 1 is 0.400 bits per heavy atom. The van der Waals surface area contributed by atoms with Crippen molar-refractivity contribution in [3.05, 3.63) is 0 Å². The van der Waals surface area contributed by atoms with Crippen LogP contribution in [0.1, 0.15) is 0 Å². The minimum absolute atomic E-state index is 0. The van der Waals surface area contributed by atoms with Gasteiger partial charge in [-0.25, -0.2) is 0 Å². The molecule has 0 saturated heterocycles. The number of rotatable bonds is 0. The van der Waals surface area contributed by atoms with Gasteiger partial charge in [0.2, 0.25) is 0 Å². The minimum Gasteiger partial charge on any atom is 0 e. The normalized spacial score (nSPS) is 0. The van der Waals surface area contributed by atoms with Gasteiger partial charge in [-0.05, 0) is 0 Å². The van der Waals surface area contributed by atoms with Gasteiger partial charge in [0.25, 0.3) is 0 Å². The van der Waals surface area contributed by atoms with E-state index >= 15 is 0 Å². The molecule has 0 heterocycles. The van der Waals surface area contributed by atoms with Crippen molar-refractivity contribution in [2.24, 2.45) is 0 Å². The van der Waals surface area contributed by atoms with Gasteiger partial charge >= 0.3 is 0 Å². The van der Waals surface area contributed by atoms with E-state index in [4.69, 9.17) is 0 Å². The van der Waals surface area contributed by atoms with Crippen LogP contribution in [0.4, 0.5) is 0 Å². The van der Waals surface area contributed by atoms with Gasteiger partial charge in [-0.1, -0.05) is 0 Å². The Bertz CT molecular complexity index is 4.85. The first-order chi connectivity index (χ1) is 0. The SMILES string of the molecule is [Co].[Co].[Co].[Sn].[Sn]. The summed E-state index contributed by atoms with van der Waals surface area (Å²) in [6, 6.07) is 0. The zero-order chi connectivity index (χ0) is 0. The van der Waals surface area contributed by atoms with Crippen molar-refractivity contribution in [1.82, 2.24) is 0 Å². The Balaban J connectivity index is 0. The summed E-state index contributed by atoms with van der Waals surface area (Å²) in [5, 5.41) is 0. The Morgan fingerprint density at radius 2 is 0.400 bits per heavy atom. The van der Waals surface area contributed by atoms with Crippen molar-refractivity contribution in [3.63, 3.8) is 0 Å². The Hall–Kier alpha value is 3.12. The molecule has 0 aliphatic carbocycles. The van der Waals surface area contributed by atoms with Crippen molar-refractivity contribution >= 4 is 47.8 Å². The zero-order valence-corrected chi connectivity index (χ0v) is 10.8. The predicted molar refractivity (Wildman–Crippen MR) is 11.5 cm³/mol. The summed E-state index contributed by atoms with van der Waals surface area (Å²) in [7, 11) is 0. The van der Waals surface area contributed by atoms with E-state index < -0.39 is 0 Å². The van der Waals surface area contributed by atoms with E-state index in [1.54, 1.807) is 0 Å². The predicted octanol–water partition coefficient (Wildman–Crippen LogP) is -0.769. The molecule has 0 saturated carbocycles. The molecule has 0 aromatic rings. The molecule has 11 radical (unpaired) electrons. The summed E-state index contributed by atoms with van der Waals surface area (Å²) < 4.78 is 0. The zero-order valence-electron chi connectivity index (χ0n) is 2.00. The maximum atomic E-state index is 0. The topological polar surface area (TPSA) is 0 Å². The molecule has 0 atom stereocenters. The molecule has 0 aromatic heterocycles. The van der Waals surface area contributed by atoms with Gasteiger partial charge < -0.3 is 0 Å². The summed E-state index contributed by atoms with van der Waals surface area (Å²) in [5.41, 5.74) is 0. The molecule has 0 spiro atoms. The van der Waals surface area contributed by atoms with E-state index in [-0.39, 0.29) is 98.2 Å². The van der Waals surface area contributed by atoms with Crippen LogP contribution in [0, 0.1) is 0 Å². The van der Waals surface area contributed by atoms with Crippen LogP contribution in [0.5, 0.6) is 0 Å². The summed E-state index contributed by atoms with van der Waals surface area (Å²) in [6.07, 6.45) is 0. The summed E-state index contributed by atoms with van der Waals surface area (Å²) in [4.78, 5) is 0. The summed E-state index contributed by atoms with van der Waals surface area (Å²) in [6.45, 7) is 0. The molecule has 0 bridgehead atoms. The van der Waals surface area contributed by atoms with Crippen molar-refractivity contribution in [3.8, 4) is 0 Å². The third kappa shape index (κ3) is 19.2. The van der Waals surface area contributed by atoms with Crippen LogP contribution < -0.4 is 0 Å². The molecule has 0 aliphatic heterocycles. The molecule has 35 valence electrons. The van der Waals surface area contributed by atoms with Crippen LogP contribution in [0.25, 0.3) is 0 Å². The Morgan fingerprint density at radius 3 is 0.400 bits per heavy atom.